The van der Waals surface area contributed by atoms with Crippen molar-refractivity contribution >= 4 is 75.1 Å². The van der Waals surface area contributed by atoms with E-state index in [4.69, 9.17) is 0 Å². The number of nitrogens with zero attached hydrogens (tertiary/aromatic N) is 1. The number of aromatic amines is 1. The summed E-state index contributed by atoms with van der Waals surface area (Å²) in [4.78, 5) is 3.66. The molecule has 0 bridgehead atoms. The third kappa shape index (κ3) is 3.62. The van der Waals surface area contributed by atoms with Gasteiger partial charge in [0.1, 0.15) is 0 Å². The van der Waals surface area contributed by atoms with Crippen molar-refractivity contribution in [2.24, 2.45) is 0 Å². The van der Waals surface area contributed by atoms with Gasteiger partial charge in [0.15, 0.2) is 0 Å². The van der Waals surface area contributed by atoms with E-state index in [1.54, 1.807) is 0 Å². The van der Waals surface area contributed by atoms with E-state index in [0.29, 0.717) is 0 Å². The minimum atomic E-state index is 1.17. The topological polar surface area (TPSA) is 20.7 Å². The Labute approximate surface area is 263 Å². The van der Waals surface area contributed by atoms with E-state index >= 15 is 0 Å². The Morgan fingerprint density at radius 1 is 0.422 bits per heavy atom. The highest BCUT2D eigenvalue weighted by molar-refractivity contribution is 7.26. The quantitative estimate of drug-likeness (QED) is 0.211. The fourth-order valence-corrected chi connectivity index (χ4v) is 8.52. The highest BCUT2D eigenvalue weighted by Crippen LogP contribution is 2.49. The molecule has 0 aliphatic heterocycles. The van der Waals surface area contributed by atoms with Crippen LogP contribution in [0.3, 0.4) is 0 Å². The van der Waals surface area contributed by atoms with Crippen LogP contribution in [-0.4, -0.2) is 9.55 Å². The molecule has 0 aliphatic rings. The van der Waals surface area contributed by atoms with E-state index < -0.39 is 0 Å². The molecule has 0 amide bonds. The van der Waals surface area contributed by atoms with Gasteiger partial charge < -0.3 is 9.55 Å². The van der Waals surface area contributed by atoms with Gasteiger partial charge in [-0.15, -0.1) is 11.3 Å². The number of aromatic nitrogens is 2. The first kappa shape index (κ1) is 24.8. The maximum Gasteiger partial charge on any atom is 0.0561 e. The van der Waals surface area contributed by atoms with Crippen LogP contribution in [-0.2, 0) is 0 Å². The number of hydrogen-bond donors (Lipinski definition) is 1. The predicted molar refractivity (Wildman–Crippen MR) is 194 cm³/mol. The van der Waals surface area contributed by atoms with Crippen LogP contribution < -0.4 is 0 Å². The van der Waals surface area contributed by atoms with Crippen LogP contribution in [0.5, 0.6) is 0 Å². The molecule has 45 heavy (non-hydrogen) atoms. The Kier molecular flexibility index (Phi) is 5.19. The SMILES string of the molecule is c1ccc(-c2cccc(-n3c4ccccc4c4c(-c5ccccc5)c5c(cc43)sc3cc4[nH]c6ccccc6c4cc35)c2)cc1. The highest BCUT2D eigenvalue weighted by atomic mass is 32.1. The van der Waals surface area contributed by atoms with E-state index in [0.717, 1.165) is 0 Å². The molecule has 3 aromatic heterocycles. The number of thiophene rings is 1. The van der Waals surface area contributed by atoms with Gasteiger partial charge in [0.2, 0.25) is 0 Å². The first-order valence-corrected chi connectivity index (χ1v) is 16.2. The van der Waals surface area contributed by atoms with E-state index in [1.165, 1.54) is 91.7 Å². The zero-order valence-corrected chi connectivity index (χ0v) is 25.1. The van der Waals surface area contributed by atoms with Crippen LogP contribution in [0.15, 0.2) is 152 Å². The van der Waals surface area contributed by atoms with Crippen LogP contribution >= 0.6 is 11.3 Å². The van der Waals surface area contributed by atoms with Crippen molar-refractivity contribution < 1.29 is 0 Å². The van der Waals surface area contributed by atoms with Gasteiger partial charge in [0.25, 0.3) is 0 Å². The van der Waals surface area contributed by atoms with E-state index in [2.05, 4.69) is 161 Å². The number of nitrogens with one attached hydrogen (secondary N) is 1. The molecule has 0 radical (unpaired) electrons. The number of rotatable bonds is 3. The summed E-state index contributed by atoms with van der Waals surface area (Å²) in [6.45, 7) is 0. The molecule has 10 rings (SSSR count). The molecule has 0 fully saturated rings. The normalized spacial score (nSPS) is 12.0. The Morgan fingerprint density at radius 2 is 1.13 bits per heavy atom. The van der Waals surface area contributed by atoms with Crippen LogP contribution in [0.1, 0.15) is 0 Å². The van der Waals surface area contributed by atoms with E-state index in [1.807, 2.05) is 11.3 Å². The second-order valence-electron chi connectivity index (χ2n) is 11.8. The Morgan fingerprint density at radius 3 is 1.98 bits per heavy atom. The molecule has 210 valence electrons. The largest absolute Gasteiger partial charge is 0.354 e. The molecule has 1 N–H and O–H groups in total. The van der Waals surface area contributed by atoms with Crippen LogP contribution in [0.25, 0.3) is 91.7 Å². The fourth-order valence-electron chi connectivity index (χ4n) is 7.35. The minimum absolute atomic E-state index is 1.17. The third-order valence-electron chi connectivity index (χ3n) is 9.30. The van der Waals surface area contributed by atoms with Gasteiger partial charge in [-0.1, -0.05) is 109 Å². The van der Waals surface area contributed by atoms with Gasteiger partial charge in [-0.25, -0.2) is 0 Å². The van der Waals surface area contributed by atoms with Crippen molar-refractivity contribution in [2.45, 2.75) is 0 Å². The second kappa shape index (κ2) is 9.43. The number of para-hydroxylation sites is 2. The predicted octanol–water partition coefficient (Wildman–Crippen LogP) is 12.1. The molecule has 3 heteroatoms. The van der Waals surface area contributed by atoms with Crippen molar-refractivity contribution in [1.82, 2.24) is 9.55 Å². The van der Waals surface area contributed by atoms with Gasteiger partial charge >= 0.3 is 0 Å². The third-order valence-corrected chi connectivity index (χ3v) is 10.4. The maximum atomic E-state index is 3.66. The van der Waals surface area contributed by atoms with Crippen molar-refractivity contribution in [3.8, 4) is 27.9 Å². The first-order valence-electron chi connectivity index (χ1n) is 15.4. The molecule has 7 aromatic carbocycles. The van der Waals surface area contributed by atoms with Crippen molar-refractivity contribution in [3.05, 3.63) is 152 Å². The lowest BCUT2D eigenvalue weighted by molar-refractivity contribution is 1.18. The lowest BCUT2D eigenvalue weighted by Gasteiger charge is -2.12. The smallest absolute Gasteiger partial charge is 0.0561 e. The minimum Gasteiger partial charge on any atom is -0.354 e. The second-order valence-corrected chi connectivity index (χ2v) is 12.9. The average Bonchev–Trinajstić information content (AvgIpc) is 3.75. The summed E-state index contributed by atoms with van der Waals surface area (Å²) in [6.07, 6.45) is 0. The van der Waals surface area contributed by atoms with Crippen LogP contribution in [0.4, 0.5) is 0 Å². The van der Waals surface area contributed by atoms with Gasteiger partial charge in [-0.2, -0.15) is 0 Å². The number of hydrogen-bond acceptors (Lipinski definition) is 1. The maximum absolute atomic E-state index is 3.66. The van der Waals surface area contributed by atoms with E-state index in [-0.39, 0.29) is 0 Å². The van der Waals surface area contributed by atoms with Gasteiger partial charge in [0.05, 0.1) is 11.0 Å². The molecular weight excluding hydrogens is 565 g/mol. The molecule has 2 nitrogen and oxygen atoms in total. The average molecular weight is 591 g/mol. The molecule has 0 aliphatic carbocycles. The Hall–Kier alpha value is -5.64. The Bertz CT molecular complexity index is 2740. The first-order chi connectivity index (χ1) is 22.3. The summed E-state index contributed by atoms with van der Waals surface area (Å²) in [5, 5.41) is 7.76. The molecule has 0 unspecified atom stereocenters. The summed E-state index contributed by atoms with van der Waals surface area (Å²) in [5.41, 5.74) is 11.0. The standard InChI is InChI=1S/C42H26N2S/c1-3-12-26(13-4-1)28-16-11-17-29(22-28)44-36-21-10-8-19-31(36)41-37(44)25-39-42(40(41)27-14-5-2-6-15-27)33-23-32-30-18-7-9-20-34(30)43-35(32)24-38(33)45-39/h1-25,43H. The Balaban J connectivity index is 1.37. The van der Waals surface area contributed by atoms with Gasteiger partial charge in [-0.3, -0.25) is 0 Å². The number of benzene rings is 7. The van der Waals surface area contributed by atoms with Crippen LogP contribution in [0.2, 0.25) is 0 Å². The molecule has 0 saturated heterocycles. The zero-order chi connectivity index (χ0) is 29.5. The number of H-pyrrole nitrogens is 1. The lowest BCUT2D eigenvalue weighted by Crippen LogP contribution is -1.94. The molecule has 0 saturated carbocycles. The fraction of sp³-hybridized carbons (Fsp3) is 0. The molecular formula is C42H26N2S. The van der Waals surface area contributed by atoms with Gasteiger partial charge in [0, 0.05) is 64.0 Å². The lowest BCUT2D eigenvalue weighted by atomic mass is 9.94. The van der Waals surface area contributed by atoms with E-state index in [9.17, 15) is 0 Å². The van der Waals surface area contributed by atoms with Crippen molar-refractivity contribution in [1.29, 1.82) is 0 Å². The highest BCUT2D eigenvalue weighted by Gasteiger charge is 2.22. The van der Waals surface area contributed by atoms with Crippen molar-refractivity contribution in [2.75, 3.05) is 0 Å². The van der Waals surface area contributed by atoms with Gasteiger partial charge in [-0.05, 0) is 59.2 Å². The molecule has 0 atom stereocenters. The van der Waals surface area contributed by atoms with Crippen LogP contribution in [0, 0.1) is 0 Å². The zero-order valence-electron chi connectivity index (χ0n) is 24.3. The summed E-state index contributed by atoms with van der Waals surface area (Å²) >= 11 is 1.89. The summed E-state index contributed by atoms with van der Waals surface area (Å²) in [6, 6.07) is 55.3. The summed E-state index contributed by atoms with van der Waals surface area (Å²) in [7, 11) is 0. The summed E-state index contributed by atoms with van der Waals surface area (Å²) in [5.74, 6) is 0. The molecule has 3 heterocycles. The van der Waals surface area contributed by atoms with Crippen molar-refractivity contribution in [3.63, 3.8) is 0 Å². The summed E-state index contributed by atoms with van der Waals surface area (Å²) < 4.78 is 5.07. The molecule has 10 aromatic rings. The number of fused-ring (bicyclic) bond motifs is 9. The monoisotopic (exact) mass is 590 g/mol. The molecule has 0 spiro atoms.